The Morgan fingerprint density at radius 2 is 1.63 bits per heavy atom. The van der Waals surface area contributed by atoms with Gasteiger partial charge in [0.05, 0.1) is 18.8 Å². The van der Waals surface area contributed by atoms with Crippen LogP contribution in [0, 0.1) is 19.7 Å². The van der Waals surface area contributed by atoms with E-state index in [0.29, 0.717) is 12.1 Å². The minimum atomic E-state index is -0.279. The molecule has 1 aromatic heterocycles. The highest BCUT2D eigenvalue weighted by atomic mass is 19.1. The van der Waals surface area contributed by atoms with Gasteiger partial charge in [0.15, 0.2) is 0 Å². The van der Waals surface area contributed by atoms with Crippen LogP contribution >= 0.6 is 0 Å². The number of rotatable bonds is 5. The minimum Gasteiger partial charge on any atom is -0.378 e. The number of amides is 1. The maximum atomic E-state index is 13.2. The van der Waals surface area contributed by atoms with Crippen LogP contribution in [0.4, 0.5) is 10.1 Å². The first-order valence-corrected chi connectivity index (χ1v) is 10.2. The van der Waals surface area contributed by atoms with E-state index in [-0.39, 0.29) is 11.7 Å². The number of nitrogens with zero attached hydrogens (tertiary/aromatic N) is 2. The number of ether oxygens (including phenoxy) is 1. The molecular weight excluding hydrogens is 381 g/mol. The van der Waals surface area contributed by atoms with Crippen molar-refractivity contribution in [3.63, 3.8) is 0 Å². The van der Waals surface area contributed by atoms with Crippen LogP contribution in [0.3, 0.4) is 0 Å². The molecule has 1 amide bonds. The maximum absolute atomic E-state index is 13.2. The second-order valence-electron chi connectivity index (χ2n) is 7.55. The number of hydrogen-bond acceptors (Lipinski definition) is 3. The van der Waals surface area contributed by atoms with Crippen molar-refractivity contribution in [3.05, 3.63) is 82.9 Å². The molecule has 0 atom stereocenters. The van der Waals surface area contributed by atoms with Crippen molar-refractivity contribution in [2.24, 2.45) is 0 Å². The monoisotopic (exact) mass is 407 g/mol. The number of carbonyl (C=O) groups is 1. The summed E-state index contributed by atoms with van der Waals surface area (Å²) >= 11 is 0. The van der Waals surface area contributed by atoms with Gasteiger partial charge < -0.3 is 19.5 Å². The number of nitrogens with one attached hydrogen (secondary N) is 1. The highest BCUT2D eigenvalue weighted by Crippen LogP contribution is 2.21. The fourth-order valence-electron chi connectivity index (χ4n) is 3.90. The summed E-state index contributed by atoms with van der Waals surface area (Å²) in [6, 6.07) is 16.4. The fraction of sp³-hybridized carbons (Fsp3) is 0.292. The lowest BCUT2D eigenvalue weighted by Gasteiger charge is -2.28. The molecule has 3 aromatic rings. The van der Waals surface area contributed by atoms with E-state index in [1.54, 1.807) is 12.1 Å². The predicted molar refractivity (Wildman–Crippen MR) is 116 cm³/mol. The first-order valence-electron chi connectivity index (χ1n) is 10.2. The normalized spacial score (nSPS) is 14.0. The molecule has 156 valence electrons. The van der Waals surface area contributed by atoms with Crippen LogP contribution in [-0.4, -0.2) is 36.8 Å². The van der Waals surface area contributed by atoms with Crippen LogP contribution < -0.4 is 10.2 Å². The summed E-state index contributed by atoms with van der Waals surface area (Å²) in [5, 5.41) is 3.01. The van der Waals surface area contributed by atoms with Gasteiger partial charge in [-0.2, -0.15) is 0 Å². The number of aryl methyl sites for hydroxylation is 1. The molecule has 4 rings (SSSR count). The third-order valence-corrected chi connectivity index (χ3v) is 5.53. The number of carbonyl (C=O) groups excluding carboxylic acids is 1. The first kappa shape index (κ1) is 20.2. The SMILES string of the molecule is Cc1cc(C(=O)NCc2ccc(N3CCOCC3)cc2)c(C)n1-c1ccc(F)cc1. The number of halogens is 1. The Kier molecular flexibility index (Phi) is 5.86. The smallest absolute Gasteiger partial charge is 0.253 e. The van der Waals surface area contributed by atoms with Crippen molar-refractivity contribution in [2.45, 2.75) is 20.4 Å². The van der Waals surface area contributed by atoms with Crippen LogP contribution in [0.1, 0.15) is 27.3 Å². The largest absolute Gasteiger partial charge is 0.378 e. The van der Waals surface area contributed by atoms with E-state index in [2.05, 4.69) is 22.3 Å². The molecule has 0 spiro atoms. The molecule has 0 radical (unpaired) electrons. The average Bonchev–Trinajstić information content (AvgIpc) is 3.08. The van der Waals surface area contributed by atoms with Crippen molar-refractivity contribution >= 4 is 11.6 Å². The van der Waals surface area contributed by atoms with Crippen molar-refractivity contribution in [2.75, 3.05) is 31.2 Å². The van der Waals surface area contributed by atoms with Gasteiger partial charge in [-0.25, -0.2) is 4.39 Å². The van der Waals surface area contributed by atoms with Crippen LogP contribution in [0.15, 0.2) is 54.6 Å². The lowest BCUT2D eigenvalue weighted by atomic mass is 10.1. The van der Waals surface area contributed by atoms with Crippen molar-refractivity contribution in [3.8, 4) is 5.69 Å². The molecule has 0 bridgehead atoms. The van der Waals surface area contributed by atoms with Crippen molar-refractivity contribution in [1.82, 2.24) is 9.88 Å². The molecule has 1 fully saturated rings. The minimum absolute atomic E-state index is 0.117. The Labute approximate surface area is 176 Å². The number of morpholine rings is 1. The van der Waals surface area contributed by atoms with E-state index in [0.717, 1.165) is 48.9 Å². The fourth-order valence-corrected chi connectivity index (χ4v) is 3.90. The second kappa shape index (κ2) is 8.71. The van der Waals surface area contributed by atoms with E-state index in [1.807, 2.05) is 36.6 Å². The van der Waals surface area contributed by atoms with E-state index in [9.17, 15) is 9.18 Å². The van der Waals surface area contributed by atoms with Crippen LogP contribution in [0.2, 0.25) is 0 Å². The molecule has 30 heavy (non-hydrogen) atoms. The van der Waals surface area contributed by atoms with Gasteiger partial charge in [-0.05, 0) is 61.9 Å². The van der Waals surface area contributed by atoms with Gasteiger partial charge >= 0.3 is 0 Å². The Morgan fingerprint density at radius 3 is 2.30 bits per heavy atom. The van der Waals surface area contributed by atoms with Gasteiger partial charge in [0, 0.05) is 42.4 Å². The van der Waals surface area contributed by atoms with E-state index < -0.39 is 0 Å². The van der Waals surface area contributed by atoms with Gasteiger partial charge in [0.25, 0.3) is 5.91 Å². The number of benzene rings is 2. The van der Waals surface area contributed by atoms with Gasteiger partial charge in [0.2, 0.25) is 0 Å². The summed E-state index contributed by atoms with van der Waals surface area (Å²) < 4.78 is 20.6. The van der Waals surface area contributed by atoms with Crippen LogP contribution in [0.25, 0.3) is 5.69 Å². The summed E-state index contributed by atoms with van der Waals surface area (Å²) in [5.74, 6) is -0.396. The molecule has 2 aromatic carbocycles. The third kappa shape index (κ3) is 4.24. The van der Waals surface area contributed by atoms with Crippen LogP contribution in [-0.2, 0) is 11.3 Å². The lowest BCUT2D eigenvalue weighted by Crippen LogP contribution is -2.36. The van der Waals surface area contributed by atoms with Crippen molar-refractivity contribution < 1.29 is 13.9 Å². The quantitative estimate of drug-likeness (QED) is 0.695. The van der Waals surface area contributed by atoms with E-state index >= 15 is 0 Å². The maximum Gasteiger partial charge on any atom is 0.253 e. The molecule has 1 saturated heterocycles. The second-order valence-corrected chi connectivity index (χ2v) is 7.55. The summed E-state index contributed by atoms with van der Waals surface area (Å²) in [4.78, 5) is 15.1. The van der Waals surface area contributed by atoms with Crippen molar-refractivity contribution in [1.29, 1.82) is 0 Å². The molecule has 6 heteroatoms. The molecule has 1 aliphatic heterocycles. The predicted octanol–water partition coefficient (Wildman–Crippen LogP) is 4.00. The zero-order valence-electron chi connectivity index (χ0n) is 17.3. The highest BCUT2D eigenvalue weighted by molar-refractivity contribution is 5.95. The Bertz CT molecular complexity index is 1020. The molecule has 0 saturated carbocycles. The summed E-state index contributed by atoms with van der Waals surface area (Å²) in [7, 11) is 0. The molecule has 5 nitrogen and oxygen atoms in total. The van der Waals surface area contributed by atoms with Crippen LogP contribution in [0.5, 0.6) is 0 Å². The van der Waals surface area contributed by atoms with Gasteiger partial charge in [-0.3, -0.25) is 4.79 Å². The van der Waals surface area contributed by atoms with Gasteiger partial charge in [-0.1, -0.05) is 12.1 Å². The van der Waals surface area contributed by atoms with E-state index in [1.165, 1.54) is 17.8 Å². The Hall–Kier alpha value is -3.12. The standard InChI is InChI=1S/C24H26FN3O2/c1-17-15-23(18(2)28(17)22-9-5-20(25)6-10-22)24(29)26-16-19-3-7-21(8-4-19)27-11-13-30-14-12-27/h3-10,15H,11-14,16H2,1-2H3,(H,26,29). The molecule has 0 unspecified atom stereocenters. The summed E-state index contributed by atoms with van der Waals surface area (Å²) in [6.45, 7) is 7.63. The lowest BCUT2D eigenvalue weighted by molar-refractivity contribution is 0.0950. The molecule has 1 aliphatic rings. The number of anilines is 1. The molecule has 2 heterocycles. The summed E-state index contributed by atoms with van der Waals surface area (Å²) in [5.41, 5.74) is 5.45. The number of aromatic nitrogens is 1. The first-order chi connectivity index (χ1) is 14.5. The van der Waals surface area contributed by atoms with Gasteiger partial charge in [-0.15, -0.1) is 0 Å². The van der Waals surface area contributed by atoms with Gasteiger partial charge in [0.1, 0.15) is 5.82 Å². The topological polar surface area (TPSA) is 46.5 Å². The Morgan fingerprint density at radius 1 is 1.00 bits per heavy atom. The molecule has 0 aliphatic carbocycles. The molecule has 1 N–H and O–H groups in total. The Balaban J connectivity index is 1.43. The highest BCUT2D eigenvalue weighted by Gasteiger charge is 2.17. The average molecular weight is 407 g/mol. The third-order valence-electron chi connectivity index (χ3n) is 5.53. The zero-order valence-corrected chi connectivity index (χ0v) is 17.3. The summed E-state index contributed by atoms with van der Waals surface area (Å²) in [6.07, 6.45) is 0. The van der Waals surface area contributed by atoms with E-state index in [4.69, 9.17) is 4.74 Å². The zero-order chi connectivity index (χ0) is 21.1. The number of hydrogen-bond donors (Lipinski definition) is 1. The molecular formula is C24H26FN3O2.